The van der Waals surface area contributed by atoms with Crippen LogP contribution in [0.3, 0.4) is 0 Å². The molecule has 0 unspecified atom stereocenters. The summed E-state index contributed by atoms with van der Waals surface area (Å²) in [6.07, 6.45) is 6.06. The lowest BCUT2D eigenvalue weighted by atomic mass is 9.82. The molecule has 4 rings (SSSR count). The summed E-state index contributed by atoms with van der Waals surface area (Å²) in [7, 11) is 3.21. The molecule has 204 valence electrons. The second-order valence-electron chi connectivity index (χ2n) is 9.36. The van der Waals surface area contributed by atoms with Crippen molar-refractivity contribution in [1.82, 2.24) is 0 Å². The number of thiophene rings is 1. The van der Waals surface area contributed by atoms with Crippen LogP contribution in [0, 0.1) is 11.8 Å². The van der Waals surface area contributed by atoms with Crippen molar-refractivity contribution in [2.75, 3.05) is 20.8 Å². The highest BCUT2D eigenvalue weighted by Gasteiger charge is 2.32. The topological polar surface area (TPSA) is 88.1 Å². The lowest BCUT2D eigenvalue weighted by molar-refractivity contribution is -0.145. The van der Waals surface area contributed by atoms with Gasteiger partial charge in [-0.1, -0.05) is 18.2 Å². The first-order valence-corrected chi connectivity index (χ1v) is 13.8. The summed E-state index contributed by atoms with van der Waals surface area (Å²) < 4.78 is 21.7. The van der Waals surface area contributed by atoms with Crippen LogP contribution < -0.4 is 14.2 Å². The summed E-state index contributed by atoms with van der Waals surface area (Å²) in [6, 6.07) is 16.1. The molecule has 1 fully saturated rings. The molecule has 1 aliphatic carbocycles. The minimum Gasteiger partial charge on any atom is -0.497 e. The minimum absolute atomic E-state index is 0.127. The summed E-state index contributed by atoms with van der Waals surface area (Å²) in [4.78, 5) is 38.7. The number of rotatable bonds is 11. The fourth-order valence-electron chi connectivity index (χ4n) is 4.44. The molecule has 0 saturated heterocycles. The van der Waals surface area contributed by atoms with Crippen LogP contribution >= 0.6 is 11.3 Å². The van der Waals surface area contributed by atoms with E-state index in [-0.39, 0.29) is 29.6 Å². The van der Waals surface area contributed by atoms with Crippen molar-refractivity contribution in [3.8, 4) is 17.2 Å². The largest absolute Gasteiger partial charge is 0.497 e. The van der Waals surface area contributed by atoms with Crippen LogP contribution in [0.25, 0.3) is 6.08 Å². The van der Waals surface area contributed by atoms with Crippen LogP contribution in [0.15, 0.2) is 66.1 Å². The molecule has 1 heterocycles. The molecule has 0 radical (unpaired) electrons. The Balaban J connectivity index is 1.32. The van der Waals surface area contributed by atoms with Crippen LogP contribution in [-0.4, -0.2) is 38.5 Å². The second kappa shape index (κ2) is 13.9. The van der Waals surface area contributed by atoms with Gasteiger partial charge in [0.2, 0.25) is 0 Å². The van der Waals surface area contributed by atoms with Gasteiger partial charge in [-0.2, -0.15) is 0 Å². The van der Waals surface area contributed by atoms with Gasteiger partial charge in [0.1, 0.15) is 17.2 Å². The number of ketones is 1. The van der Waals surface area contributed by atoms with Crippen LogP contribution in [0.2, 0.25) is 0 Å². The Labute approximate surface area is 232 Å². The summed E-state index contributed by atoms with van der Waals surface area (Å²) >= 11 is 1.36. The van der Waals surface area contributed by atoms with Crippen molar-refractivity contribution < 1.29 is 33.3 Å². The monoisotopic (exact) mass is 548 g/mol. The van der Waals surface area contributed by atoms with E-state index in [0.29, 0.717) is 60.0 Å². The quantitative estimate of drug-likeness (QED) is 0.123. The zero-order valence-corrected chi connectivity index (χ0v) is 22.9. The molecule has 39 heavy (non-hydrogen) atoms. The number of methoxy groups -OCH3 is 2. The Kier molecular flexibility index (Phi) is 10.1. The number of carbonyl (C=O) groups is 3. The van der Waals surface area contributed by atoms with E-state index in [1.165, 1.54) is 17.4 Å². The molecule has 7 nitrogen and oxygen atoms in total. The maximum atomic E-state index is 13.0. The van der Waals surface area contributed by atoms with Gasteiger partial charge in [0, 0.05) is 12.7 Å². The minimum atomic E-state index is -0.349. The lowest BCUT2D eigenvalue weighted by Crippen LogP contribution is -2.30. The van der Waals surface area contributed by atoms with E-state index in [0.717, 1.165) is 12.0 Å². The molecule has 0 aliphatic heterocycles. The fraction of sp³-hybridized carbons (Fsp3) is 0.323. The first-order chi connectivity index (χ1) is 19.0. The van der Waals surface area contributed by atoms with Gasteiger partial charge in [-0.15, -0.1) is 11.3 Å². The molecule has 0 amide bonds. The van der Waals surface area contributed by atoms with Gasteiger partial charge in [0.05, 0.1) is 30.4 Å². The first kappa shape index (κ1) is 28.3. The number of hydrogen-bond donors (Lipinski definition) is 0. The van der Waals surface area contributed by atoms with Gasteiger partial charge in [-0.05, 0) is 91.6 Å². The van der Waals surface area contributed by atoms with Gasteiger partial charge in [0.25, 0.3) is 0 Å². The molecule has 1 aromatic heterocycles. The van der Waals surface area contributed by atoms with Crippen molar-refractivity contribution in [2.24, 2.45) is 11.8 Å². The molecular weight excluding hydrogens is 516 g/mol. The summed E-state index contributed by atoms with van der Waals surface area (Å²) in [5, 5.41) is 1.84. The third-order valence-corrected chi connectivity index (χ3v) is 7.62. The van der Waals surface area contributed by atoms with E-state index in [1.54, 1.807) is 56.7 Å². The van der Waals surface area contributed by atoms with Crippen molar-refractivity contribution in [3.05, 3.63) is 82.1 Å². The fourth-order valence-corrected chi connectivity index (χ4v) is 5.09. The number of esters is 2. The average molecular weight is 549 g/mol. The Morgan fingerprint density at radius 1 is 0.872 bits per heavy atom. The Hall–Kier alpha value is -3.75. The van der Waals surface area contributed by atoms with E-state index in [1.807, 2.05) is 23.6 Å². The van der Waals surface area contributed by atoms with Gasteiger partial charge < -0.3 is 18.9 Å². The van der Waals surface area contributed by atoms with Crippen molar-refractivity contribution >= 4 is 35.1 Å². The normalized spacial score (nSPS) is 17.1. The highest BCUT2D eigenvalue weighted by molar-refractivity contribution is 7.12. The Morgan fingerprint density at radius 2 is 1.54 bits per heavy atom. The molecular formula is C31H32O7S. The van der Waals surface area contributed by atoms with Crippen LogP contribution in [-0.2, 0) is 20.7 Å². The number of hydrogen-bond acceptors (Lipinski definition) is 8. The first-order valence-electron chi connectivity index (χ1n) is 12.9. The molecule has 0 N–H and O–H groups in total. The molecule has 0 spiro atoms. The van der Waals surface area contributed by atoms with Crippen LogP contribution in [0.1, 0.15) is 46.5 Å². The third kappa shape index (κ3) is 7.88. The van der Waals surface area contributed by atoms with Gasteiger partial charge in [0.15, 0.2) is 5.78 Å². The van der Waals surface area contributed by atoms with Crippen molar-refractivity contribution in [2.45, 2.75) is 32.1 Å². The number of benzene rings is 2. The van der Waals surface area contributed by atoms with Crippen LogP contribution in [0.5, 0.6) is 17.2 Å². The highest BCUT2D eigenvalue weighted by Crippen LogP contribution is 2.33. The van der Waals surface area contributed by atoms with Gasteiger partial charge >= 0.3 is 11.9 Å². The Morgan fingerprint density at radius 3 is 2.15 bits per heavy atom. The van der Waals surface area contributed by atoms with E-state index in [9.17, 15) is 14.4 Å². The van der Waals surface area contributed by atoms with E-state index in [4.69, 9.17) is 18.9 Å². The van der Waals surface area contributed by atoms with E-state index >= 15 is 0 Å². The summed E-state index contributed by atoms with van der Waals surface area (Å²) in [5.41, 5.74) is 1.68. The molecule has 2 aromatic carbocycles. The highest BCUT2D eigenvalue weighted by atomic mass is 32.1. The van der Waals surface area contributed by atoms with Gasteiger partial charge in [-0.3, -0.25) is 14.4 Å². The standard InChI is InChI=1S/C31H32O7S/c1-35-18-17-21-5-12-25(13-6-21)37-30(33)22-7-9-23(10-8-22)31(34)38-28-16-14-26(36-2)20-24(28)11-15-27(32)29-4-3-19-39-29/h3-6,11-16,19-20,22-23H,7-10,17-18H2,1-2H3/b15-11+. The number of carbonyl (C=O) groups excluding carboxylic acids is 3. The third-order valence-electron chi connectivity index (χ3n) is 6.74. The average Bonchev–Trinajstić information content (AvgIpc) is 3.51. The Bertz CT molecular complexity index is 1290. The molecule has 3 aromatic rings. The van der Waals surface area contributed by atoms with E-state index in [2.05, 4.69) is 0 Å². The molecule has 0 atom stereocenters. The second-order valence-corrected chi connectivity index (χ2v) is 10.3. The summed E-state index contributed by atoms with van der Waals surface area (Å²) in [5.74, 6) is 0.124. The molecule has 8 heteroatoms. The van der Waals surface area contributed by atoms with E-state index < -0.39 is 0 Å². The zero-order chi connectivity index (χ0) is 27.6. The van der Waals surface area contributed by atoms with Gasteiger partial charge in [-0.25, -0.2) is 0 Å². The molecule has 1 saturated carbocycles. The predicted octanol–water partition coefficient (Wildman–Crippen LogP) is 6.16. The number of ether oxygens (including phenoxy) is 4. The maximum absolute atomic E-state index is 13.0. The number of allylic oxidation sites excluding steroid dienone is 1. The van der Waals surface area contributed by atoms with Crippen molar-refractivity contribution in [3.63, 3.8) is 0 Å². The molecule has 1 aliphatic rings. The lowest BCUT2D eigenvalue weighted by Gasteiger charge is -2.26. The van der Waals surface area contributed by atoms with Crippen LogP contribution in [0.4, 0.5) is 0 Å². The van der Waals surface area contributed by atoms with Crippen molar-refractivity contribution in [1.29, 1.82) is 0 Å². The maximum Gasteiger partial charge on any atom is 0.314 e. The predicted molar refractivity (Wildman–Crippen MR) is 149 cm³/mol. The SMILES string of the molecule is COCCc1ccc(OC(=O)C2CCC(C(=O)Oc3ccc(OC)cc3/C=C/C(=O)c3cccs3)CC2)cc1. The zero-order valence-electron chi connectivity index (χ0n) is 22.1. The smallest absolute Gasteiger partial charge is 0.314 e. The molecule has 0 bridgehead atoms. The summed E-state index contributed by atoms with van der Waals surface area (Å²) in [6.45, 7) is 0.635.